The second kappa shape index (κ2) is 10.1. The third-order valence-corrected chi connectivity index (χ3v) is 3.10. The van der Waals surface area contributed by atoms with Crippen LogP contribution in [0.3, 0.4) is 0 Å². The lowest BCUT2D eigenvalue weighted by atomic mass is 10.1. The van der Waals surface area contributed by atoms with Crippen LogP contribution in [0.2, 0.25) is 0 Å². The highest BCUT2D eigenvalue weighted by Crippen LogP contribution is 2.33. The molecule has 0 saturated carbocycles. The molecule has 0 aliphatic carbocycles. The number of carbonyl (C=O) groups excluding carboxylic acids is 2. The van der Waals surface area contributed by atoms with Gasteiger partial charge in [-0.15, -0.1) is 0 Å². The second-order valence-electron chi connectivity index (χ2n) is 7.46. The highest BCUT2D eigenvalue weighted by atomic mass is 16.6. The van der Waals surface area contributed by atoms with Gasteiger partial charge in [0, 0.05) is 18.9 Å². The molecule has 140 valence electrons. The zero-order valence-electron chi connectivity index (χ0n) is 16.1. The minimum atomic E-state index is -0.364. The van der Waals surface area contributed by atoms with Crippen LogP contribution in [0.15, 0.2) is 18.2 Å². The largest absolute Gasteiger partial charge is 0.493 e. The average Bonchev–Trinajstić information content (AvgIpc) is 2.45. The number of ether oxygens (including phenoxy) is 3. The molecule has 0 aliphatic heterocycles. The Labute approximate surface area is 150 Å². The number of rotatable bonds is 9. The Morgan fingerprint density at radius 1 is 0.800 bits per heavy atom. The van der Waals surface area contributed by atoms with Crippen LogP contribution in [0.5, 0.6) is 17.2 Å². The lowest BCUT2D eigenvalue weighted by molar-refractivity contribution is -0.138. The fourth-order valence-corrected chi connectivity index (χ4v) is 2.00. The molecule has 1 aromatic carbocycles. The Balaban J connectivity index is 2.95. The Morgan fingerprint density at radius 3 is 1.80 bits per heavy atom. The van der Waals surface area contributed by atoms with E-state index in [0.29, 0.717) is 24.7 Å². The maximum absolute atomic E-state index is 12.0. The minimum absolute atomic E-state index is 0.180. The molecule has 0 amide bonds. The Hall–Kier alpha value is -2.04. The molecule has 0 saturated heterocycles. The molecule has 0 bridgehead atoms. The van der Waals surface area contributed by atoms with Crippen molar-refractivity contribution in [3.63, 3.8) is 0 Å². The second-order valence-corrected chi connectivity index (χ2v) is 7.46. The van der Waals surface area contributed by atoms with Crippen molar-refractivity contribution in [2.45, 2.75) is 54.4 Å². The van der Waals surface area contributed by atoms with Gasteiger partial charge in [-0.1, -0.05) is 41.5 Å². The average molecular weight is 350 g/mol. The first-order valence-corrected chi connectivity index (χ1v) is 8.85. The van der Waals surface area contributed by atoms with E-state index in [2.05, 4.69) is 0 Å². The van der Waals surface area contributed by atoms with Crippen LogP contribution < -0.4 is 14.2 Å². The van der Waals surface area contributed by atoms with E-state index in [1.54, 1.807) is 18.2 Å². The van der Waals surface area contributed by atoms with Crippen molar-refractivity contribution >= 4 is 11.9 Å². The third kappa shape index (κ3) is 8.57. The molecule has 0 aromatic heterocycles. The summed E-state index contributed by atoms with van der Waals surface area (Å²) in [6.07, 6.45) is 0.585. The number of benzene rings is 1. The fourth-order valence-electron chi connectivity index (χ4n) is 2.00. The van der Waals surface area contributed by atoms with Crippen LogP contribution in [0.4, 0.5) is 0 Å². The summed E-state index contributed by atoms with van der Waals surface area (Å²) in [5.74, 6) is 1.04. The van der Waals surface area contributed by atoms with Crippen molar-refractivity contribution in [1.29, 1.82) is 0 Å². The van der Waals surface area contributed by atoms with Crippen molar-refractivity contribution in [3.8, 4) is 17.2 Å². The van der Waals surface area contributed by atoms with E-state index in [9.17, 15) is 9.59 Å². The predicted octanol–water partition coefficient (Wildman–Crippen LogP) is 4.62. The third-order valence-electron chi connectivity index (χ3n) is 3.10. The molecule has 0 N–H and O–H groups in total. The van der Waals surface area contributed by atoms with E-state index in [4.69, 9.17) is 14.2 Å². The van der Waals surface area contributed by atoms with Gasteiger partial charge in [-0.05, 0) is 29.9 Å². The molecular formula is C20H30O5. The number of hydrogen-bond acceptors (Lipinski definition) is 5. The lowest BCUT2D eigenvalue weighted by Gasteiger charge is -2.14. The summed E-state index contributed by atoms with van der Waals surface area (Å²) in [4.78, 5) is 24.0. The van der Waals surface area contributed by atoms with Crippen molar-refractivity contribution in [3.05, 3.63) is 18.2 Å². The van der Waals surface area contributed by atoms with Crippen LogP contribution in [0.25, 0.3) is 0 Å². The monoisotopic (exact) mass is 350 g/mol. The molecule has 1 aromatic rings. The van der Waals surface area contributed by atoms with Gasteiger partial charge in [0.15, 0.2) is 11.5 Å². The van der Waals surface area contributed by atoms with Crippen molar-refractivity contribution < 1.29 is 23.8 Å². The summed E-state index contributed by atoms with van der Waals surface area (Å²) < 4.78 is 16.4. The first kappa shape index (κ1) is 21.0. The first-order chi connectivity index (χ1) is 11.7. The Kier molecular flexibility index (Phi) is 8.46. The van der Waals surface area contributed by atoms with E-state index >= 15 is 0 Å². The molecule has 25 heavy (non-hydrogen) atoms. The molecule has 0 atom stereocenters. The van der Waals surface area contributed by atoms with Crippen molar-refractivity contribution in [1.82, 2.24) is 0 Å². The maximum atomic E-state index is 12.0. The summed E-state index contributed by atoms with van der Waals surface area (Å²) in [6.45, 7) is 12.4. The van der Waals surface area contributed by atoms with Crippen molar-refractivity contribution in [2.75, 3.05) is 6.61 Å². The van der Waals surface area contributed by atoms with Gasteiger partial charge in [0.1, 0.15) is 5.75 Å². The highest BCUT2D eigenvalue weighted by Gasteiger charge is 2.17. The molecule has 0 radical (unpaired) electrons. The molecule has 0 heterocycles. The lowest BCUT2D eigenvalue weighted by Crippen LogP contribution is -2.15. The number of esters is 2. The standard InChI is InChI=1S/C20H30O5/c1-13(2)9-19(21)24-17-8-7-16(23-12-15(5)6)11-18(17)25-20(22)10-14(3)4/h7-8,11,13-15H,9-10,12H2,1-6H3. The quantitative estimate of drug-likeness (QED) is 0.480. The van der Waals surface area contributed by atoms with E-state index in [1.165, 1.54) is 0 Å². The summed E-state index contributed by atoms with van der Waals surface area (Å²) in [5, 5.41) is 0. The summed E-state index contributed by atoms with van der Waals surface area (Å²) >= 11 is 0. The van der Waals surface area contributed by atoms with Gasteiger partial charge in [-0.3, -0.25) is 9.59 Å². The Bertz CT molecular complexity index is 575. The number of hydrogen-bond donors (Lipinski definition) is 0. The van der Waals surface area contributed by atoms with Crippen LogP contribution in [-0.4, -0.2) is 18.5 Å². The fraction of sp³-hybridized carbons (Fsp3) is 0.600. The summed E-state index contributed by atoms with van der Waals surface area (Å²) in [7, 11) is 0. The van der Waals surface area contributed by atoms with Crippen LogP contribution in [0, 0.1) is 17.8 Å². The maximum Gasteiger partial charge on any atom is 0.311 e. The van der Waals surface area contributed by atoms with Crippen molar-refractivity contribution in [2.24, 2.45) is 17.8 Å². The summed E-state index contributed by atoms with van der Waals surface area (Å²) in [5.41, 5.74) is 0. The Morgan fingerprint density at radius 2 is 1.32 bits per heavy atom. The SMILES string of the molecule is CC(C)COc1ccc(OC(=O)CC(C)C)c(OC(=O)CC(C)C)c1. The van der Waals surface area contributed by atoms with Gasteiger partial charge in [-0.2, -0.15) is 0 Å². The molecular weight excluding hydrogens is 320 g/mol. The predicted molar refractivity (Wildman–Crippen MR) is 97.0 cm³/mol. The van der Waals surface area contributed by atoms with E-state index in [0.717, 1.165) is 0 Å². The summed E-state index contributed by atoms with van der Waals surface area (Å²) in [6, 6.07) is 4.91. The number of carbonyl (C=O) groups is 2. The van der Waals surface area contributed by atoms with Gasteiger partial charge >= 0.3 is 11.9 Å². The molecule has 0 unspecified atom stereocenters. The molecule has 0 spiro atoms. The zero-order valence-corrected chi connectivity index (χ0v) is 16.1. The molecule has 5 nitrogen and oxygen atoms in total. The van der Waals surface area contributed by atoms with E-state index < -0.39 is 0 Å². The van der Waals surface area contributed by atoms with Crippen LogP contribution in [0.1, 0.15) is 54.4 Å². The molecule has 1 rings (SSSR count). The van der Waals surface area contributed by atoms with Gasteiger partial charge in [0.2, 0.25) is 0 Å². The zero-order chi connectivity index (χ0) is 19.0. The van der Waals surface area contributed by atoms with E-state index in [1.807, 2.05) is 41.5 Å². The smallest absolute Gasteiger partial charge is 0.311 e. The molecule has 0 aliphatic rings. The topological polar surface area (TPSA) is 61.8 Å². The normalized spacial score (nSPS) is 11.1. The first-order valence-electron chi connectivity index (χ1n) is 8.85. The minimum Gasteiger partial charge on any atom is -0.493 e. The van der Waals surface area contributed by atoms with Gasteiger partial charge in [0.05, 0.1) is 6.61 Å². The molecule has 5 heteroatoms. The van der Waals surface area contributed by atoms with Crippen LogP contribution in [-0.2, 0) is 9.59 Å². The molecule has 0 fully saturated rings. The van der Waals surface area contributed by atoms with Gasteiger partial charge in [0.25, 0.3) is 0 Å². The van der Waals surface area contributed by atoms with E-state index in [-0.39, 0.29) is 41.7 Å². The van der Waals surface area contributed by atoms with Crippen LogP contribution >= 0.6 is 0 Å². The van der Waals surface area contributed by atoms with Gasteiger partial charge in [-0.25, -0.2) is 0 Å². The highest BCUT2D eigenvalue weighted by molar-refractivity contribution is 5.76. The van der Waals surface area contributed by atoms with Gasteiger partial charge < -0.3 is 14.2 Å².